The van der Waals surface area contributed by atoms with Crippen LogP contribution in [0.15, 0.2) is 115 Å². The number of allylic oxidation sites excluding steroid dienone is 2. The van der Waals surface area contributed by atoms with Crippen molar-refractivity contribution >= 4 is 28.3 Å². The number of nitrogens with zero attached hydrogens (tertiary/aromatic N) is 1. The van der Waals surface area contributed by atoms with Crippen molar-refractivity contribution in [1.29, 1.82) is 0 Å². The monoisotopic (exact) mass is 772 g/mol. The first-order valence-electron chi connectivity index (χ1n) is 19.7. The molecule has 57 heavy (non-hydrogen) atoms. The van der Waals surface area contributed by atoms with Gasteiger partial charge in [0, 0.05) is 28.8 Å². The van der Waals surface area contributed by atoms with Crippen LogP contribution in [-0.4, -0.2) is 52.3 Å². The number of nitrogens with one attached hydrogen (secondary N) is 1. The number of benzene rings is 5. The molecule has 2 amide bonds. The largest absolute Gasteiger partial charge is 0.497 e. The van der Waals surface area contributed by atoms with Gasteiger partial charge in [-0.25, -0.2) is 13.6 Å². The molecule has 0 aliphatic heterocycles. The number of methoxy groups -OCH3 is 1. The van der Waals surface area contributed by atoms with Gasteiger partial charge in [0.25, 0.3) is 0 Å². The molecule has 0 aromatic heterocycles. The van der Waals surface area contributed by atoms with Crippen molar-refractivity contribution in [2.24, 2.45) is 5.41 Å². The molecular weight excluding hydrogens is 723 g/mol. The Labute approximate surface area is 333 Å². The van der Waals surface area contributed by atoms with Gasteiger partial charge in [-0.2, -0.15) is 0 Å². The molecule has 3 aliphatic carbocycles. The number of amides is 2. The highest BCUT2D eigenvalue weighted by Crippen LogP contribution is 2.59. The van der Waals surface area contributed by atoms with Crippen LogP contribution in [0, 0.1) is 17.0 Å². The van der Waals surface area contributed by atoms with E-state index in [9.17, 15) is 28.6 Å². The van der Waals surface area contributed by atoms with Gasteiger partial charge < -0.3 is 25.2 Å². The van der Waals surface area contributed by atoms with Crippen molar-refractivity contribution in [3.05, 3.63) is 154 Å². The maximum atomic E-state index is 14.5. The third kappa shape index (κ3) is 8.36. The van der Waals surface area contributed by atoms with E-state index < -0.39 is 34.5 Å². The molecule has 296 valence electrons. The molecule has 4 atom stereocenters. The summed E-state index contributed by atoms with van der Waals surface area (Å²) in [4.78, 5) is 30.5. The van der Waals surface area contributed by atoms with Crippen molar-refractivity contribution in [3.8, 4) is 5.75 Å². The zero-order chi connectivity index (χ0) is 40.3. The molecule has 1 saturated carbocycles. The first-order chi connectivity index (χ1) is 27.4. The third-order valence-electron chi connectivity index (χ3n) is 12.4. The number of rotatable bonds is 8. The van der Waals surface area contributed by atoms with E-state index in [1.165, 1.54) is 6.07 Å². The number of ether oxygens (including phenoxy) is 1. The van der Waals surface area contributed by atoms with Gasteiger partial charge in [0.1, 0.15) is 5.75 Å². The van der Waals surface area contributed by atoms with Crippen LogP contribution >= 0.6 is 0 Å². The number of carbonyl (C=O) groups is 2. The third-order valence-corrected chi connectivity index (χ3v) is 12.4. The number of urea groups is 1. The van der Waals surface area contributed by atoms with Crippen LogP contribution in [0.5, 0.6) is 5.75 Å². The van der Waals surface area contributed by atoms with Gasteiger partial charge in [0.05, 0.1) is 25.4 Å². The minimum atomic E-state index is -1.41. The van der Waals surface area contributed by atoms with Crippen molar-refractivity contribution in [2.45, 2.75) is 83.0 Å². The lowest BCUT2D eigenvalue weighted by molar-refractivity contribution is -0.0773. The zero-order valence-electron chi connectivity index (χ0n) is 32.7. The average molecular weight is 773 g/mol. The number of anilines is 1. The molecule has 5 aromatic rings. The lowest BCUT2D eigenvalue weighted by atomic mass is 9.64. The smallest absolute Gasteiger partial charge is 0.322 e. The summed E-state index contributed by atoms with van der Waals surface area (Å²) in [6, 6.07) is 29.5. The highest BCUT2D eigenvalue weighted by atomic mass is 19.2. The molecule has 3 aliphatic rings. The van der Waals surface area contributed by atoms with Crippen LogP contribution in [0.1, 0.15) is 90.9 Å². The Kier molecular flexibility index (Phi) is 11.6. The van der Waals surface area contributed by atoms with Gasteiger partial charge in [-0.3, -0.25) is 4.79 Å². The summed E-state index contributed by atoms with van der Waals surface area (Å²) in [5.74, 6) is -2.30. The number of halogens is 2. The van der Waals surface area contributed by atoms with E-state index in [0.717, 1.165) is 39.6 Å². The zero-order valence-corrected chi connectivity index (χ0v) is 32.7. The molecule has 8 rings (SSSR count). The fourth-order valence-corrected chi connectivity index (χ4v) is 9.02. The van der Waals surface area contributed by atoms with Gasteiger partial charge in [0.2, 0.25) is 0 Å². The highest BCUT2D eigenvalue weighted by molar-refractivity contribution is 6.10. The average Bonchev–Trinajstić information content (AvgIpc) is 3.46. The van der Waals surface area contributed by atoms with Gasteiger partial charge >= 0.3 is 6.03 Å². The Hall–Kier alpha value is -5.38. The molecule has 9 heteroatoms. The molecule has 0 heterocycles. The second kappa shape index (κ2) is 16.6. The Morgan fingerprint density at radius 1 is 0.912 bits per heavy atom. The fraction of sp³-hybridized carbons (Fsp3) is 0.333. The summed E-state index contributed by atoms with van der Waals surface area (Å²) in [5, 5.41) is 29.3. The Morgan fingerprint density at radius 2 is 1.68 bits per heavy atom. The molecule has 1 fully saturated rings. The normalized spacial score (nSPS) is 22.3. The van der Waals surface area contributed by atoms with E-state index in [1.807, 2.05) is 54.6 Å². The number of carbonyl (C=O) groups excluding carboxylic acids is 2. The lowest BCUT2D eigenvalue weighted by Gasteiger charge is -2.46. The molecule has 0 spiro atoms. The van der Waals surface area contributed by atoms with Gasteiger partial charge in [-0.15, -0.1) is 0 Å². The van der Waals surface area contributed by atoms with E-state index in [2.05, 4.69) is 25.2 Å². The summed E-state index contributed by atoms with van der Waals surface area (Å²) in [5.41, 5.74) is 2.19. The van der Waals surface area contributed by atoms with E-state index in [0.29, 0.717) is 67.5 Å². The summed E-state index contributed by atoms with van der Waals surface area (Å²) in [6.45, 7) is 4.34. The van der Waals surface area contributed by atoms with Gasteiger partial charge in [0.15, 0.2) is 17.4 Å². The minimum Gasteiger partial charge on any atom is -0.497 e. The fourth-order valence-electron chi connectivity index (χ4n) is 9.02. The van der Waals surface area contributed by atoms with E-state index in [-0.39, 0.29) is 30.6 Å². The van der Waals surface area contributed by atoms with E-state index >= 15 is 0 Å². The van der Waals surface area contributed by atoms with Crippen LogP contribution in [0.2, 0.25) is 0 Å². The molecule has 7 nitrogen and oxygen atoms in total. The second-order valence-corrected chi connectivity index (χ2v) is 16.1. The predicted octanol–water partition coefficient (Wildman–Crippen LogP) is 10.1. The topological polar surface area (TPSA) is 99.1 Å². The Balaban J connectivity index is 1.31. The summed E-state index contributed by atoms with van der Waals surface area (Å²) >= 11 is 0. The number of fused-ring (bicyclic) bond motifs is 9. The first kappa shape index (κ1) is 39.8. The van der Waals surface area contributed by atoms with E-state index in [4.69, 9.17) is 4.74 Å². The van der Waals surface area contributed by atoms with Gasteiger partial charge in [-0.05, 0) is 134 Å². The number of aliphatic hydroxyl groups excluding tert-OH is 1. The number of hydrogen-bond acceptors (Lipinski definition) is 5. The summed E-state index contributed by atoms with van der Waals surface area (Å²) in [6.07, 6.45) is 5.10. The predicted molar refractivity (Wildman–Crippen MR) is 220 cm³/mol. The van der Waals surface area contributed by atoms with Crippen LogP contribution in [-0.2, 0) is 13.0 Å². The second-order valence-electron chi connectivity index (χ2n) is 16.1. The molecule has 0 unspecified atom stereocenters. The molecular formula is C48H50F2N2O5. The summed E-state index contributed by atoms with van der Waals surface area (Å²) < 4.78 is 33.9. The number of hydrogen-bond donors (Lipinski definition) is 3. The summed E-state index contributed by atoms with van der Waals surface area (Å²) in [7, 11) is 1.58. The van der Waals surface area contributed by atoms with Crippen LogP contribution in [0.4, 0.5) is 19.3 Å². The first-order valence-corrected chi connectivity index (χ1v) is 19.7. The Bertz CT molecular complexity index is 2300. The van der Waals surface area contributed by atoms with Gasteiger partial charge in [-0.1, -0.05) is 73.2 Å². The van der Waals surface area contributed by atoms with Crippen molar-refractivity contribution < 1.29 is 33.3 Å². The standard InChI is InChI=1S/C48H50F2N2O5/c1-31-8-7-24-47(2)42(40-21-14-32(26-37(53)18-13-31)27-41(40)45(54)34-15-22-43(49)44(50)28-34)23-25-48(47,56)30-52(46(55)51-36-16-19-38(57-3)20-17-36)29-35-11-6-10-33-9-4-5-12-39(33)35/h4-6,8-12,14-17,19-22,27-28,37,42,53,56H,7,13,18,23-26,29-30H2,1-3H3,(H,51,55)/t37-,42-,47-,48+/m0/s1. The quantitative estimate of drug-likeness (QED) is 0.108. The molecule has 5 aromatic carbocycles. The van der Waals surface area contributed by atoms with Crippen LogP contribution in [0.25, 0.3) is 10.8 Å². The van der Waals surface area contributed by atoms with Crippen LogP contribution < -0.4 is 10.1 Å². The Morgan fingerprint density at radius 3 is 2.46 bits per heavy atom. The number of ketones is 1. The van der Waals surface area contributed by atoms with Crippen molar-refractivity contribution in [1.82, 2.24) is 4.90 Å². The molecule has 0 saturated heterocycles. The van der Waals surface area contributed by atoms with Crippen molar-refractivity contribution in [3.63, 3.8) is 0 Å². The van der Waals surface area contributed by atoms with E-state index in [1.54, 1.807) is 42.3 Å². The SMILES string of the molecule is COc1ccc(NC(=O)N(Cc2cccc3ccccc23)C[C@]2(O)CC[C@H]3c4ccc(cc4C(=O)c4ccc(F)c(F)c4)C[C@@H](O)CCC(C)=CCC[C@@]32C)cc1. The highest BCUT2D eigenvalue weighted by Gasteiger charge is 2.57. The lowest BCUT2D eigenvalue weighted by Crippen LogP contribution is -2.54. The maximum absolute atomic E-state index is 14.5. The molecule has 2 bridgehead atoms. The molecule has 0 radical (unpaired) electrons. The number of aliphatic hydroxyl groups is 2. The molecule has 3 N–H and O–H groups in total. The van der Waals surface area contributed by atoms with Crippen LogP contribution in [0.3, 0.4) is 0 Å². The minimum absolute atomic E-state index is 0.00460. The van der Waals surface area contributed by atoms with Crippen molar-refractivity contribution in [2.75, 3.05) is 19.0 Å². The maximum Gasteiger partial charge on any atom is 0.322 e.